The van der Waals surface area contributed by atoms with Gasteiger partial charge in [0.25, 0.3) is 11.6 Å². The van der Waals surface area contributed by atoms with Gasteiger partial charge in [-0.1, -0.05) is 0 Å². The summed E-state index contributed by atoms with van der Waals surface area (Å²) in [5.41, 5.74) is 5.20. The molecule has 2 aromatic rings. The average molecular weight is 481 g/mol. The number of primary amides is 1. The summed E-state index contributed by atoms with van der Waals surface area (Å²) in [7, 11) is 1.44. The zero-order valence-electron chi connectivity index (χ0n) is 17.3. The van der Waals surface area contributed by atoms with Gasteiger partial charge in [0, 0.05) is 18.7 Å². The van der Waals surface area contributed by atoms with E-state index in [2.05, 4.69) is 10.6 Å². The third kappa shape index (κ3) is 5.62. The maximum Gasteiger partial charge on any atom is 0.341 e. The molecule has 13 heteroatoms. The van der Waals surface area contributed by atoms with E-state index in [-0.39, 0.29) is 43.9 Å². The Balaban J connectivity index is 2.25. The van der Waals surface area contributed by atoms with Gasteiger partial charge in [-0.15, -0.1) is 23.1 Å². The van der Waals surface area contributed by atoms with E-state index in [1.807, 2.05) is 0 Å². The fraction of sp³-hybridized carbons (Fsp3) is 0.263. The molecule has 170 valence electrons. The van der Waals surface area contributed by atoms with Crippen LogP contribution in [0.4, 0.5) is 10.7 Å². The van der Waals surface area contributed by atoms with Crippen LogP contribution in [-0.4, -0.2) is 48.0 Å². The first kappa shape index (κ1) is 24.8. The molecule has 0 saturated heterocycles. The van der Waals surface area contributed by atoms with Gasteiger partial charge < -0.3 is 21.1 Å². The van der Waals surface area contributed by atoms with Gasteiger partial charge in [-0.2, -0.15) is 0 Å². The number of anilines is 1. The molecule has 11 nitrogen and oxygen atoms in total. The van der Waals surface area contributed by atoms with Crippen LogP contribution >= 0.6 is 23.1 Å². The van der Waals surface area contributed by atoms with Crippen LogP contribution < -0.4 is 16.4 Å². The normalized spacial score (nSPS) is 10.3. The van der Waals surface area contributed by atoms with Crippen molar-refractivity contribution in [3.63, 3.8) is 0 Å². The van der Waals surface area contributed by atoms with E-state index in [4.69, 9.17) is 10.5 Å². The van der Waals surface area contributed by atoms with Crippen LogP contribution in [0.25, 0.3) is 0 Å². The van der Waals surface area contributed by atoms with Gasteiger partial charge in [0.1, 0.15) is 5.00 Å². The average Bonchev–Trinajstić information content (AvgIpc) is 3.07. The van der Waals surface area contributed by atoms with Gasteiger partial charge in [0.2, 0.25) is 11.8 Å². The Labute approximate surface area is 190 Å². The molecule has 3 amide bonds. The lowest BCUT2D eigenvalue weighted by atomic mass is 10.1. The second-order valence-electron chi connectivity index (χ2n) is 6.20. The number of hydrogen-bond donors (Lipinski definition) is 3. The minimum atomic E-state index is -0.811. The lowest BCUT2D eigenvalue weighted by Crippen LogP contribution is -2.18. The quantitative estimate of drug-likeness (QED) is 0.212. The molecular weight excluding hydrogens is 460 g/mol. The monoisotopic (exact) mass is 480 g/mol. The molecule has 2 rings (SSSR count). The Morgan fingerprint density at radius 1 is 1.28 bits per heavy atom. The Morgan fingerprint density at radius 2 is 1.97 bits per heavy atom. The van der Waals surface area contributed by atoms with E-state index in [1.54, 1.807) is 13.8 Å². The first-order chi connectivity index (χ1) is 15.1. The summed E-state index contributed by atoms with van der Waals surface area (Å²) < 4.78 is 5.03. The maximum atomic E-state index is 12.5. The molecule has 0 bridgehead atoms. The molecule has 0 radical (unpaired) electrons. The SMILES string of the molecule is CCOC(=O)c1c(NC(=O)CSc2ccc(C(N)=O)cc2[N+](=O)[O-])sc(C(=O)NC)c1C. The van der Waals surface area contributed by atoms with E-state index in [1.165, 1.54) is 19.2 Å². The van der Waals surface area contributed by atoms with Crippen LogP contribution in [0.5, 0.6) is 0 Å². The van der Waals surface area contributed by atoms with Crippen molar-refractivity contribution < 1.29 is 28.8 Å². The van der Waals surface area contributed by atoms with Crippen LogP contribution in [0.15, 0.2) is 23.1 Å². The smallest absolute Gasteiger partial charge is 0.341 e. The highest BCUT2D eigenvalue weighted by atomic mass is 32.2. The first-order valence-electron chi connectivity index (χ1n) is 9.14. The number of hydrogen-bond acceptors (Lipinski definition) is 9. The molecule has 0 unspecified atom stereocenters. The Bertz CT molecular complexity index is 1100. The van der Waals surface area contributed by atoms with Crippen LogP contribution in [0, 0.1) is 17.0 Å². The topological polar surface area (TPSA) is 171 Å². The zero-order chi connectivity index (χ0) is 24.0. The molecule has 0 atom stereocenters. The van der Waals surface area contributed by atoms with Crippen molar-refractivity contribution >= 4 is 57.5 Å². The van der Waals surface area contributed by atoms with Gasteiger partial charge in [-0.25, -0.2) is 4.79 Å². The van der Waals surface area contributed by atoms with E-state index in [0.29, 0.717) is 5.56 Å². The molecule has 0 spiro atoms. The number of esters is 1. The number of thioether (sulfide) groups is 1. The fourth-order valence-corrected chi connectivity index (χ4v) is 4.58. The van der Waals surface area contributed by atoms with Crippen molar-refractivity contribution in [1.29, 1.82) is 0 Å². The number of rotatable bonds is 9. The molecule has 0 aliphatic carbocycles. The third-order valence-corrected chi connectivity index (χ3v) is 6.38. The van der Waals surface area contributed by atoms with Crippen LogP contribution in [0.1, 0.15) is 42.9 Å². The summed E-state index contributed by atoms with van der Waals surface area (Å²) in [6.07, 6.45) is 0. The lowest BCUT2D eigenvalue weighted by Gasteiger charge is -2.08. The molecular formula is C19H20N4O7S2. The highest BCUT2D eigenvalue weighted by Crippen LogP contribution is 2.35. The number of nitro benzene ring substituents is 1. The van der Waals surface area contributed by atoms with Crippen molar-refractivity contribution in [2.45, 2.75) is 18.7 Å². The molecule has 4 N–H and O–H groups in total. The van der Waals surface area contributed by atoms with Crippen molar-refractivity contribution in [2.24, 2.45) is 5.73 Å². The van der Waals surface area contributed by atoms with E-state index in [9.17, 15) is 29.3 Å². The van der Waals surface area contributed by atoms with Crippen molar-refractivity contribution in [3.8, 4) is 0 Å². The van der Waals surface area contributed by atoms with E-state index < -0.39 is 28.6 Å². The molecule has 1 heterocycles. The highest BCUT2D eigenvalue weighted by molar-refractivity contribution is 8.00. The molecule has 0 saturated carbocycles. The summed E-state index contributed by atoms with van der Waals surface area (Å²) in [6.45, 7) is 3.31. The van der Waals surface area contributed by atoms with Crippen molar-refractivity contribution in [2.75, 3.05) is 24.7 Å². The predicted molar refractivity (Wildman–Crippen MR) is 119 cm³/mol. The zero-order valence-corrected chi connectivity index (χ0v) is 19.0. The minimum absolute atomic E-state index is 0.0274. The molecule has 0 fully saturated rings. The number of nitrogens with two attached hydrogens (primary N) is 1. The standard InChI is InChI=1S/C19H20N4O7S2/c1-4-30-19(27)14-9(2)15(17(26)21-3)32-18(14)22-13(24)8-31-12-6-5-10(16(20)25)7-11(12)23(28)29/h5-7H,4,8H2,1-3H3,(H2,20,25)(H,21,26)(H,22,24). The second-order valence-corrected chi connectivity index (χ2v) is 8.24. The second kappa shape index (κ2) is 10.7. The number of ether oxygens (including phenoxy) is 1. The number of benzene rings is 1. The molecule has 1 aromatic heterocycles. The summed E-state index contributed by atoms with van der Waals surface area (Å²) in [4.78, 5) is 59.2. The Morgan fingerprint density at radius 3 is 2.53 bits per heavy atom. The predicted octanol–water partition coefficient (Wildman–Crippen LogP) is 2.33. The fourth-order valence-electron chi connectivity index (χ4n) is 2.62. The van der Waals surface area contributed by atoms with Gasteiger partial charge >= 0.3 is 5.97 Å². The lowest BCUT2D eigenvalue weighted by molar-refractivity contribution is -0.387. The number of nitro groups is 1. The number of carbonyl (C=O) groups excluding carboxylic acids is 4. The Kier molecular flexibility index (Phi) is 8.32. The van der Waals surface area contributed by atoms with E-state index in [0.717, 1.165) is 29.2 Å². The number of amides is 3. The minimum Gasteiger partial charge on any atom is -0.462 e. The maximum absolute atomic E-state index is 12.5. The molecule has 0 aliphatic heterocycles. The van der Waals surface area contributed by atoms with Crippen molar-refractivity contribution in [1.82, 2.24) is 5.32 Å². The molecule has 0 aliphatic rings. The van der Waals surface area contributed by atoms with Gasteiger partial charge in [0.05, 0.1) is 32.6 Å². The highest BCUT2D eigenvalue weighted by Gasteiger charge is 2.26. The van der Waals surface area contributed by atoms with Crippen LogP contribution in [-0.2, 0) is 9.53 Å². The third-order valence-electron chi connectivity index (χ3n) is 4.11. The number of thiophene rings is 1. The van der Waals surface area contributed by atoms with E-state index >= 15 is 0 Å². The summed E-state index contributed by atoms with van der Waals surface area (Å²) in [5, 5.41) is 16.5. The summed E-state index contributed by atoms with van der Waals surface area (Å²) in [6, 6.07) is 3.70. The summed E-state index contributed by atoms with van der Waals surface area (Å²) >= 11 is 1.80. The summed E-state index contributed by atoms with van der Waals surface area (Å²) in [5.74, 6) is -2.70. The molecule has 32 heavy (non-hydrogen) atoms. The Hall–Kier alpha value is -3.45. The number of nitrogens with zero attached hydrogens (tertiary/aromatic N) is 1. The molecule has 1 aromatic carbocycles. The van der Waals surface area contributed by atoms with Crippen molar-refractivity contribution in [3.05, 3.63) is 49.9 Å². The van der Waals surface area contributed by atoms with Gasteiger partial charge in [-0.3, -0.25) is 24.5 Å². The van der Waals surface area contributed by atoms with Gasteiger partial charge in [0.15, 0.2) is 0 Å². The first-order valence-corrected chi connectivity index (χ1v) is 10.9. The van der Waals surface area contributed by atoms with Gasteiger partial charge in [-0.05, 0) is 31.5 Å². The number of nitrogens with one attached hydrogen (secondary N) is 2. The van der Waals surface area contributed by atoms with Crippen LogP contribution in [0.2, 0.25) is 0 Å². The number of carbonyl (C=O) groups is 4. The largest absolute Gasteiger partial charge is 0.462 e. The van der Waals surface area contributed by atoms with Crippen LogP contribution in [0.3, 0.4) is 0 Å².